The van der Waals surface area contributed by atoms with E-state index in [0.29, 0.717) is 17.3 Å². The molecule has 0 saturated heterocycles. The molecule has 398 valence electrons. The van der Waals surface area contributed by atoms with Gasteiger partial charge in [0.15, 0.2) is 0 Å². The van der Waals surface area contributed by atoms with Gasteiger partial charge in [0.25, 0.3) is 6.33 Å². The molecule has 3 aromatic heterocycles. The van der Waals surface area contributed by atoms with Gasteiger partial charge in [0.2, 0.25) is 0 Å². The van der Waals surface area contributed by atoms with Gasteiger partial charge >= 0.3 is 0 Å². The molecule has 5 heteroatoms. The number of fused-ring (bicyclic) bond motifs is 4. The Hall–Kier alpha value is -10.4. The van der Waals surface area contributed by atoms with Crippen LogP contribution < -0.4 is 9.30 Å². The van der Waals surface area contributed by atoms with Gasteiger partial charge < -0.3 is 4.74 Å². The van der Waals surface area contributed by atoms with E-state index in [1.165, 1.54) is 23.0 Å². The van der Waals surface area contributed by atoms with Crippen molar-refractivity contribution in [3.8, 4) is 95.5 Å². The lowest BCUT2D eigenvalue weighted by Gasteiger charge is -2.20. The fraction of sp³-hybridized carbons (Fsp3) is 0.0769. The zero-order valence-electron chi connectivity index (χ0n) is 71.2. The lowest BCUT2D eigenvalue weighted by Crippen LogP contribution is -2.31. The Labute approximate surface area is 521 Å². The molecule has 0 N–H and O–H groups in total. The number of aromatic nitrogens is 4. The maximum absolute atomic E-state index is 10.5. The molecule has 0 unspecified atom stereocenters. The van der Waals surface area contributed by atoms with Crippen molar-refractivity contribution < 1.29 is 44.9 Å². The summed E-state index contributed by atoms with van der Waals surface area (Å²) in [7, 11) is 0. The standard InChI is InChI=1S/C78H60N4O/c1-52-34-36-56(37-35-52)58-42-57(54-21-8-6-9-22-54)44-61(45-58)68-29-19-30-69(62-46-59(55-23-10-7-11-24-55)43-60(47-62)67-27-13-12-20-53(67)2)77(68)81-51-80(73-32-16-17-33-74(73)81)64-25-18-26-65(49-64)83-66-38-39-71-70-28-14-15-31-72(70)82(75(71)50-66)76-48-63(40-41-79-76)78(3,4)5/h6-50H,1-5H3/i6D,7D,8D,9D,10D,11D,12D,13D,19D,20D,21D,22D,23D,24D,27D,29D,30D,34D,35D,36D,37D,42D,43D,44D,45D,47D. The Bertz CT molecular complexity index is 6160. The van der Waals surface area contributed by atoms with Crippen LogP contribution in [-0.4, -0.2) is 14.1 Å². The zero-order valence-corrected chi connectivity index (χ0v) is 45.2. The van der Waals surface area contributed by atoms with Crippen LogP contribution in [0.25, 0.3) is 117 Å². The lowest BCUT2D eigenvalue weighted by atomic mass is 9.88. The van der Waals surface area contributed by atoms with E-state index in [-0.39, 0.29) is 33.3 Å². The van der Waals surface area contributed by atoms with Crippen molar-refractivity contribution in [1.82, 2.24) is 14.1 Å². The third-order valence-corrected chi connectivity index (χ3v) is 14.2. The van der Waals surface area contributed by atoms with E-state index in [4.69, 9.17) is 24.8 Å². The van der Waals surface area contributed by atoms with Crippen molar-refractivity contribution in [3.05, 3.63) is 296 Å². The number of para-hydroxylation sites is 4. The van der Waals surface area contributed by atoms with Gasteiger partial charge in [0.05, 0.1) is 69.1 Å². The Balaban J connectivity index is 1.13. The van der Waals surface area contributed by atoms with E-state index in [1.807, 2.05) is 54.6 Å². The molecule has 3 heterocycles. The Morgan fingerprint density at radius 2 is 1.07 bits per heavy atom. The first-order valence-corrected chi connectivity index (χ1v) is 26.4. The molecule has 14 aromatic rings. The summed E-state index contributed by atoms with van der Waals surface area (Å²) in [5.74, 6) is 1.35. The minimum Gasteiger partial charge on any atom is -0.458 e. The fourth-order valence-corrected chi connectivity index (χ4v) is 10.1. The van der Waals surface area contributed by atoms with E-state index < -0.39 is 230 Å². The van der Waals surface area contributed by atoms with Crippen LogP contribution in [-0.2, 0) is 5.41 Å². The van der Waals surface area contributed by atoms with Crippen LogP contribution in [0.4, 0.5) is 0 Å². The molecule has 0 aliphatic rings. The van der Waals surface area contributed by atoms with Gasteiger partial charge in [-0.15, -0.1) is 0 Å². The predicted octanol–water partition coefficient (Wildman–Crippen LogP) is 19.9. The molecule has 0 saturated carbocycles. The van der Waals surface area contributed by atoms with Crippen LogP contribution >= 0.6 is 0 Å². The fourth-order valence-electron chi connectivity index (χ4n) is 10.1. The average Bonchev–Trinajstić information content (AvgIpc) is 1.27. The smallest absolute Gasteiger partial charge is 0.269 e. The molecule has 0 aliphatic heterocycles. The van der Waals surface area contributed by atoms with Crippen LogP contribution in [0.2, 0.25) is 0 Å². The number of rotatable bonds is 11. The van der Waals surface area contributed by atoms with Gasteiger partial charge in [-0.3, -0.25) is 13.7 Å². The minimum absolute atomic E-state index is 0.0809. The molecule has 0 bridgehead atoms. The van der Waals surface area contributed by atoms with Gasteiger partial charge in [-0.2, -0.15) is 0 Å². The Morgan fingerprint density at radius 1 is 0.470 bits per heavy atom. The first kappa shape index (κ1) is 29.9. The van der Waals surface area contributed by atoms with Crippen LogP contribution in [0, 0.1) is 20.2 Å². The SMILES string of the molecule is [2H]c1c([2H])c([2H])c(-c2cc(-c3c([2H])c([2H])c([2H])c(-c4c([2H])c(-c5c([2H])c([2H])c([2H])c([2H])c5[2H])c([2H])c(-c5c([2H])c([2H])c(C)c([2H])c5[2H])c4[2H])c3-[n+]3[c-]n(-c4cccc(Oc5ccc6c7ccccc7n(-c7cc(C(C)(C)C)ccn7)c6c5)c4)c4ccccc43)c([2H])c(-c3c([2H])c([2H])c([2H])c([2H])c3C)c2[2H])c([2H])c1[2H]. The molecular formula is C78H60N4O. The largest absolute Gasteiger partial charge is 0.458 e. The third-order valence-electron chi connectivity index (χ3n) is 14.2. The summed E-state index contributed by atoms with van der Waals surface area (Å²) < 4.78 is 257. The van der Waals surface area contributed by atoms with Crippen molar-refractivity contribution in [1.29, 1.82) is 0 Å². The first-order valence-electron chi connectivity index (χ1n) is 39.4. The highest BCUT2D eigenvalue weighted by Gasteiger charge is 2.23. The summed E-state index contributed by atoms with van der Waals surface area (Å²) in [5.41, 5.74) is -6.47. The second-order valence-electron chi connectivity index (χ2n) is 20.6. The molecule has 0 radical (unpaired) electrons. The number of pyridine rings is 1. The summed E-state index contributed by atoms with van der Waals surface area (Å²) in [5, 5.41) is 1.87. The average molecular weight is 1100 g/mol. The number of imidazole rings is 1. The molecule has 14 rings (SSSR count). The number of ether oxygens (including phenoxy) is 1. The summed E-state index contributed by atoms with van der Waals surface area (Å²) >= 11 is 0. The van der Waals surface area contributed by atoms with Gasteiger partial charge in [-0.05, 0) is 182 Å². The van der Waals surface area contributed by atoms with Crippen LogP contribution in [0.3, 0.4) is 0 Å². The quantitative estimate of drug-likeness (QED) is 0.0956. The molecule has 0 fully saturated rings. The van der Waals surface area contributed by atoms with E-state index in [9.17, 15) is 20.6 Å². The third kappa shape index (κ3) is 9.66. The van der Waals surface area contributed by atoms with Gasteiger partial charge in [-0.1, -0.05) is 202 Å². The van der Waals surface area contributed by atoms with Gasteiger partial charge in [0, 0.05) is 23.0 Å². The van der Waals surface area contributed by atoms with E-state index in [0.717, 1.165) is 33.4 Å². The molecule has 0 spiro atoms. The van der Waals surface area contributed by atoms with Crippen molar-refractivity contribution in [2.24, 2.45) is 0 Å². The highest BCUT2D eigenvalue weighted by atomic mass is 16.5. The summed E-state index contributed by atoms with van der Waals surface area (Å²) in [6.07, 6.45) is 5.10. The monoisotopic (exact) mass is 1090 g/mol. The second kappa shape index (κ2) is 20.9. The predicted molar refractivity (Wildman–Crippen MR) is 343 cm³/mol. The summed E-state index contributed by atoms with van der Waals surface area (Å²) in [6, 6.07) is 8.79. The van der Waals surface area contributed by atoms with Crippen LogP contribution in [0.5, 0.6) is 11.5 Å². The Kier molecular flexibility index (Phi) is 7.55. The molecule has 0 amide bonds. The Morgan fingerprint density at radius 3 is 1.84 bits per heavy atom. The van der Waals surface area contributed by atoms with Gasteiger partial charge in [0.1, 0.15) is 17.3 Å². The van der Waals surface area contributed by atoms with Crippen molar-refractivity contribution in [2.45, 2.75) is 40.0 Å². The molecule has 11 aromatic carbocycles. The first-order chi connectivity index (χ1) is 51.4. The van der Waals surface area contributed by atoms with E-state index >= 15 is 0 Å². The zero-order chi connectivity index (χ0) is 78.8. The van der Waals surface area contributed by atoms with Crippen molar-refractivity contribution in [2.75, 3.05) is 0 Å². The maximum Gasteiger partial charge on any atom is 0.269 e. The van der Waals surface area contributed by atoms with E-state index in [1.54, 1.807) is 54.7 Å². The highest BCUT2D eigenvalue weighted by Crippen LogP contribution is 2.42. The number of hydrogen-bond acceptors (Lipinski definition) is 2. The van der Waals surface area contributed by atoms with Gasteiger partial charge in [-0.25, -0.2) is 4.98 Å². The highest BCUT2D eigenvalue weighted by molar-refractivity contribution is 6.09. The minimum atomic E-state index is -1.07. The maximum atomic E-state index is 10.5. The molecular weight excluding hydrogens is 1010 g/mol. The second-order valence-corrected chi connectivity index (χ2v) is 20.6. The van der Waals surface area contributed by atoms with Crippen molar-refractivity contribution in [3.63, 3.8) is 0 Å². The summed E-state index contributed by atoms with van der Waals surface area (Å²) in [6.45, 7) is 8.92. The number of benzene rings is 11. The van der Waals surface area contributed by atoms with Crippen LogP contribution in [0.15, 0.2) is 272 Å². The number of nitrogens with zero attached hydrogens (tertiary/aromatic N) is 4. The number of hydrogen-bond donors (Lipinski definition) is 0. The topological polar surface area (TPSA) is 35.9 Å². The lowest BCUT2D eigenvalue weighted by molar-refractivity contribution is -0.571. The molecule has 5 nitrogen and oxygen atoms in total. The molecule has 0 aliphatic carbocycles. The molecule has 0 atom stereocenters. The van der Waals surface area contributed by atoms with E-state index in [2.05, 4.69) is 31.7 Å². The molecule has 83 heavy (non-hydrogen) atoms. The van der Waals surface area contributed by atoms with Crippen LogP contribution in [0.1, 0.15) is 73.1 Å². The summed E-state index contributed by atoms with van der Waals surface area (Å²) in [4.78, 5) is 4.83. The van der Waals surface area contributed by atoms with Crippen molar-refractivity contribution >= 4 is 32.8 Å². The normalized spacial score (nSPS) is 16.1.